The number of aryl methyl sites for hydroxylation is 2. The van der Waals surface area contributed by atoms with Gasteiger partial charge in [0.1, 0.15) is 5.75 Å². The predicted octanol–water partition coefficient (Wildman–Crippen LogP) is 0.470. The molecular weight excluding hydrogens is 276 g/mol. The molecule has 1 rings (SSSR count). The summed E-state index contributed by atoms with van der Waals surface area (Å²) >= 11 is 0. The molecule has 0 saturated carbocycles. The van der Waals surface area contributed by atoms with Gasteiger partial charge in [0.05, 0.1) is 0 Å². The molecule has 7 heteroatoms. The van der Waals surface area contributed by atoms with Gasteiger partial charge in [-0.2, -0.15) is 0 Å². The number of ether oxygens (including phenoxy) is 1. The first-order valence-electron chi connectivity index (χ1n) is 6.08. The molecule has 0 spiro atoms. The number of carboxylic acids is 1. The van der Waals surface area contributed by atoms with Crippen LogP contribution in [0.2, 0.25) is 0 Å². The fourth-order valence-corrected chi connectivity index (χ4v) is 1.36. The smallest absolute Gasteiger partial charge is 0.328 e. The van der Waals surface area contributed by atoms with E-state index in [-0.39, 0.29) is 6.61 Å². The summed E-state index contributed by atoms with van der Waals surface area (Å²) in [5.41, 5.74) is 6.03. The van der Waals surface area contributed by atoms with Crippen LogP contribution in [0, 0.1) is 13.8 Å². The van der Waals surface area contributed by atoms with Gasteiger partial charge in [-0.15, -0.1) is 0 Å². The van der Waals surface area contributed by atoms with Gasteiger partial charge in [0, 0.05) is 12.2 Å². The number of nitrogens with one attached hydrogen (secondary N) is 2. The van der Waals surface area contributed by atoms with Gasteiger partial charge in [-0.25, -0.2) is 4.79 Å². The maximum Gasteiger partial charge on any atom is 0.328 e. The zero-order valence-electron chi connectivity index (χ0n) is 11.7. The molecule has 7 nitrogen and oxygen atoms in total. The average molecular weight is 292 g/mol. The number of hydrazine groups is 1. The Hall–Kier alpha value is -2.83. The molecule has 0 unspecified atom stereocenters. The minimum Gasteiger partial charge on any atom is -0.483 e. The third kappa shape index (κ3) is 6.24. The lowest BCUT2D eigenvalue weighted by Gasteiger charge is -2.10. The van der Waals surface area contributed by atoms with E-state index in [4.69, 9.17) is 9.84 Å². The fraction of sp³-hybridized carbons (Fsp3) is 0.214. The van der Waals surface area contributed by atoms with Gasteiger partial charge in [0.15, 0.2) is 6.61 Å². The number of rotatable bonds is 5. The van der Waals surface area contributed by atoms with E-state index in [9.17, 15) is 14.4 Å². The third-order valence-electron chi connectivity index (χ3n) is 2.40. The predicted molar refractivity (Wildman–Crippen MR) is 74.5 cm³/mol. The Bertz CT molecular complexity index is 581. The lowest BCUT2D eigenvalue weighted by molar-refractivity contribution is -0.131. The Morgan fingerprint density at radius 2 is 1.90 bits per heavy atom. The van der Waals surface area contributed by atoms with Crippen molar-refractivity contribution in [3.8, 4) is 5.75 Å². The van der Waals surface area contributed by atoms with Crippen LogP contribution in [0.5, 0.6) is 5.75 Å². The number of carbonyl (C=O) groups excluding carboxylic acids is 2. The van der Waals surface area contributed by atoms with Crippen molar-refractivity contribution in [2.45, 2.75) is 13.8 Å². The quantitative estimate of drug-likeness (QED) is 0.540. The molecule has 0 aliphatic carbocycles. The second-order valence-electron chi connectivity index (χ2n) is 4.27. The zero-order chi connectivity index (χ0) is 15.8. The first-order chi connectivity index (χ1) is 9.88. The van der Waals surface area contributed by atoms with Crippen molar-refractivity contribution in [3.05, 3.63) is 41.5 Å². The van der Waals surface area contributed by atoms with E-state index in [0.717, 1.165) is 17.2 Å². The molecule has 0 aromatic heterocycles. The van der Waals surface area contributed by atoms with Gasteiger partial charge in [-0.3, -0.25) is 20.4 Å². The van der Waals surface area contributed by atoms with E-state index in [0.29, 0.717) is 11.8 Å². The van der Waals surface area contributed by atoms with E-state index in [1.165, 1.54) is 0 Å². The van der Waals surface area contributed by atoms with E-state index in [1.807, 2.05) is 31.4 Å². The Morgan fingerprint density at radius 1 is 1.19 bits per heavy atom. The second kappa shape index (κ2) is 7.68. The molecule has 0 atom stereocenters. The van der Waals surface area contributed by atoms with Gasteiger partial charge in [-0.05, 0) is 31.0 Å². The first kappa shape index (κ1) is 16.2. The van der Waals surface area contributed by atoms with Gasteiger partial charge in [-0.1, -0.05) is 12.1 Å². The van der Waals surface area contributed by atoms with Crippen molar-refractivity contribution < 1.29 is 24.2 Å². The maximum absolute atomic E-state index is 11.5. The highest BCUT2D eigenvalue weighted by Gasteiger charge is 2.06. The summed E-state index contributed by atoms with van der Waals surface area (Å²) in [4.78, 5) is 32.8. The maximum atomic E-state index is 11.5. The normalized spacial score (nSPS) is 10.2. The number of carboxylic acid groups (broad SMARTS) is 1. The van der Waals surface area contributed by atoms with Crippen LogP contribution >= 0.6 is 0 Å². The summed E-state index contributed by atoms with van der Waals surface area (Å²) in [7, 11) is 0. The van der Waals surface area contributed by atoms with Crippen LogP contribution in [-0.2, 0) is 14.4 Å². The van der Waals surface area contributed by atoms with Crippen LogP contribution in [0.1, 0.15) is 11.1 Å². The Kier molecular flexibility index (Phi) is 5.94. The van der Waals surface area contributed by atoms with Gasteiger partial charge in [0.2, 0.25) is 0 Å². The highest BCUT2D eigenvalue weighted by Crippen LogP contribution is 2.18. The first-order valence-corrected chi connectivity index (χ1v) is 6.08. The Labute approximate surface area is 121 Å². The molecule has 2 amide bonds. The molecule has 0 aliphatic rings. The van der Waals surface area contributed by atoms with Crippen molar-refractivity contribution in [2.24, 2.45) is 0 Å². The van der Waals surface area contributed by atoms with Crippen molar-refractivity contribution in [1.82, 2.24) is 10.9 Å². The molecule has 0 fully saturated rings. The molecule has 0 heterocycles. The SMILES string of the molecule is Cc1ccc(C)c(OCC(=O)NNC(=O)/C=C/C(=O)O)c1. The highest BCUT2D eigenvalue weighted by atomic mass is 16.5. The third-order valence-corrected chi connectivity index (χ3v) is 2.40. The summed E-state index contributed by atoms with van der Waals surface area (Å²) < 4.78 is 5.33. The molecule has 0 saturated heterocycles. The minimum atomic E-state index is -1.25. The number of benzene rings is 1. The molecule has 1 aromatic carbocycles. The lowest BCUT2D eigenvalue weighted by atomic mass is 10.1. The van der Waals surface area contributed by atoms with Gasteiger partial charge in [0.25, 0.3) is 11.8 Å². The van der Waals surface area contributed by atoms with Crippen molar-refractivity contribution >= 4 is 17.8 Å². The Morgan fingerprint density at radius 3 is 2.57 bits per heavy atom. The van der Waals surface area contributed by atoms with Crippen LogP contribution in [-0.4, -0.2) is 29.5 Å². The summed E-state index contributed by atoms with van der Waals surface area (Å²) in [5.74, 6) is -1.98. The summed E-state index contributed by atoms with van der Waals surface area (Å²) in [6.45, 7) is 3.49. The van der Waals surface area contributed by atoms with E-state index < -0.39 is 17.8 Å². The van der Waals surface area contributed by atoms with Gasteiger partial charge >= 0.3 is 5.97 Å². The van der Waals surface area contributed by atoms with Crippen LogP contribution < -0.4 is 15.6 Å². The minimum absolute atomic E-state index is 0.271. The summed E-state index contributed by atoms with van der Waals surface area (Å²) in [5, 5.41) is 8.32. The Balaban J connectivity index is 2.39. The largest absolute Gasteiger partial charge is 0.483 e. The van der Waals surface area contributed by atoms with Crippen molar-refractivity contribution in [2.75, 3.05) is 6.61 Å². The second-order valence-corrected chi connectivity index (χ2v) is 4.27. The molecule has 112 valence electrons. The molecule has 0 radical (unpaired) electrons. The average Bonchev–Trinajstić information content (AvgIpc) is 2.43. The number of carbonyl (C=O) groups is 3. The number of amides is 2. The topological polar surface area (TPSA) is 105 Å². The summed E-state index contributed by atoms with van der Waals surface area (Å²) in [6.07, 6.45) is 1.45. The summed E-state index contributed by atoms with van der Waals surface area (Å²) in [6, 6.07) is 5.61. The molecule has 1 aromatic rings. The van der Waals surface area contributed by atoms with Gasteiger partial charge < -0.3 is 9.84 Å². The van der Waals surface area contributed by atoms with Crippen LogP contribution in [0.25, 0.3) is 0 Å². The van der Waals surface area contributed by atoms with E-state index in [2.05, 4.69) is 5.43 Å². The number of aliphatic carboxylic acids is 1. The van der Waals surface area contributed by atoms with Crippen molar-refractivity contribution in [3.63, 3.8) is 0 Å². The van der Waals surface area contributed by atoms with Crippen LogP contribution in [0.15, 0.2) is 30.4 Å². The highest BCUT2D eigenvalue weighted by molar-refractivity contribution is 5.94. The molecule has 21 heavy (non-hydrogen) atoms. The number of hydrogen-bond acceptors (Lipinski definition) is 4. The molecule has 3 N–H and O–H groups in total. The van der Waals surface area contributed by atoms with Crippen LogP contribution in [0.4, 0.5) is 0 Å². The number of hydrogen-bond donors (Lipinski definition) is 3. The zero-order valence-corrected chi connectivity index (χ0v) is 11.7. The molecular formula is C14H16N2O5. The lowest BCUT2D eigenvalue weighted by Crippen LogP contribution is -2.43. The molecule has 0 aliphatic heterocycles. The molecule has 0 bridgehead atoms. The monoisotopic (exact) mass is 292 g/mol. The van der Waals surface area contributed by atoms with Crippen molar-refractivity contribution in [1.29, 1.82) is 0 Å². The standard InChI is InChI=1S/C14H16N2O5/c1-9-3-4-10(2)11(7-9)21-8-13(18)16-15-12(17)5-6-14(19)20/h3-7H,8H2,1-2H3,(H,15,17)(H,16,18)(H,19,20)/b6-5+. The van der Waals surface area contributed by atoms with E-state index in [1.54, 1.807) is 6.07 Å². The van der Waals surface area contributed by atoms with E-state index >= 15 is 0 Å². The fourth-order valence-electron chi connectivity index (χ4n) is 1.36. The van der Waals surface area contributed by atoms with Crippen LogP contribution in [0.3, 0.4) is 0 Å².